The summed E-state index contributed by atoms with van der Waals surface area (Å²) < 4.78 is 12.4. The van der Waals surface area contributed by atoms with E-state index in [0.717, 1.165) is 41.2 Å². The predicted molar refractivity (Wildman–Crippen MR) is 121 cm³/mol. The van der Waals surface area contributed by atoms with Crippen LogP contribution in [0.4, 0.5) is 5.13 Å². The summed E-state index contributed by atoms with van der Waals surface area (Å²) in [4.78, 5) is 22.3. The minimum absolute atomic E-state index is 0.0292. The Bertz CT molecular complexity index is 985. The van der Waals surface area contributed by atoms with Crippen LogP contribution in [0.15, 0.2) is 36.4 Å². The van der Waals surface area contributed by atoms with Gasteiger partial charge >= 0.3 is 0 Å². The zero-order valence-corrected chi connectivity index (χ0v) is 18.5. The molecule has 1 aromatic heterocycles. The van der Waals surface area contributed by atoms with Crippen molar-refractivity contribution < 1.29 is 14.3 Å². The summed E-state index contributed by atoms with van der Waals surface area (Å²) in [6, 6.07) is 11.6. The number of carbonyl (C=O) groups excluding carboxylic acids is 1. The second-order valence-corrected chi connectivity index (χ2v) is 8.32. The normalized spacial score (nSPS) is 13.1. The quantitative estimate of drug-likeness (QED) is 0.563. The van der Waals surface area contributed by atoms with Crippen molar-refractivity contribution in [1.29, 1.82) is 0 Å². The van der Waals surface area contributed by atoms with E-state index in [1.165, 1.54) is 11.3 Å². The minimum atomic E-state index is -0.0292. The number of nitrogens with zero attached hydrogens (tertiary/aromatic N) is 3. The topological polar surface area (TPSA) is 54.9 Å². The van der Waals surface area contributed by atoms with Gasteiger partial charge in [0, 0.05) is 30.8 Å². The molecule has 4 rings (SSSR count). The van der Waals surface area contributed by atoms with Crippen molar-refractivity contribution in [3.05, 3.63) is 47.5 Å². The molecule has 0 saturated carbocycles. The van der Waals surface area contributed by atoms with Crippen molar-refractivity contribution in [1.82, 2.24) is 9.88 Å². The van der Waals surface area contributed by atoms with Crippen LogP contribution in [0, 0.1) is 6.92 Å². The van der Waals surface area contributed by atoms with E-state index >= 15 is 0 Å². The largest absolute Gasteiger partial charge is 0.486 e. The van der Waals surface area contributed by atoms with Crippen LogP contribution in [0.3, 0.4) is 0 Å². The van der Waals surface area contributed by atoms with E-state index in [9.17, 15) is 4.79 Å². The van der Waals surface area contributed by atoms with Gasteiger partial charge in [-0.05, 0) is 32.1 Å². The van der Waals surface area contributed by atoms with Gasteiger partial charge in [-0.1, -0.05) is 42.9 Å². The average Bonchev–Trinajstić information content (AvgIpc) is 3.17. The molecule has 3 aromatic rings. The number of likely N-dealkylation sites (N-methyl/N-ethyl adjacent to an activating group) is 1. The number of rotatable bonds is 7. The Kier molecular flexibility index (Phi) is 6.20. The molecule has 0 unspecified atom stereocenters. The average molecular weight is 426 g/mol. The Balaban J connectivity index is 1.68. The van der Waals surface area contributed by atoms with Gasteiger partial charge in [-0.15, -0.1) is 0 Å². The summed E-state index contributed by atoms with van der Waals surface area (Å²) in [5.41, 5.74) is 2.63. The van der Waals surface area contributed by atoms with Crippen molar-refractivity contribution in [2.24, 2.45) is 0 Å². The number of thiazole rings is 1. The number of ether oxygens (including phenoxy) is 2. The monoisotopic (exact) mass is 425 g/mol. The molecule has 2 heterocycles. The van der Waals surface area contributed by atoms with Crippen LogP contribution in [0.5, 0.6) is 11.5 Å². The highest BCUT2D eigenvalue weighted by molar-refractivity contribution is 7.22. The van der Waals surface area contributed by atoms with Crippen LogP contribution in [0.1, 0.15) is 29.8 Å². The molecule has 6 nitrogen and oxygen atoms in total. The highest BCUT2D eigenvalue weighted by Crippen LogP contribution is 2.39. The molecule has 0 radical (unpaired) electrons. The van der Waals surface area contributed by atoms with Crippen molar-refractivity contribution in [3.8, 4) is 11.5 Å². The number of fused-ring (bicyclic) bond motifs is 2. The second kappa shape index (κ2) is 9.02. The molecule has 0 aliphatic carbocycles. The Morgan fingerprint density at radius 1 is 1.03 bits per heavy atom. The van der Waals surface area contributed by atoms with E-state index in [4.69, 9.17) is 14.5 Å². The van der Waals surface area contributed by atoms with E-state index in [1.807, 2.05) is 43.3 Å². The predicted octanol–water partition coefficient (Wildman–Crippen LogP) is 4.36. The molecule has 0 spiro atoms. The van der Waals surface area contributed by atoms with Gasteiger partial charge in [0.25, 0.3) is 5.91 Å². The van der Waals surface area contributed by atoms with Gasteiger partial charge in [-0.3, -0.25) is 9.69 Å². The van der Waals surface area contributed by atoms with Gasteiger partial charge in [0.05, 0.1) is 10.2 Å². The second-order valence-electron chi connectivity index (χ2n) is 7.31. The Labute approximate surface area is 181 Å². The van der Waals surface area contributed by atoms with Crippen LogP contribution in [-0.4, -0.2) is 55.2 Å². The third kappa shape index (κ3) is 4.27. The number of aromatic nitrogens is 1. The molecule has 7 heteroatoms. The summed E-state index contributed by atoms with van der Waals surface area (Å²) in [6.07, 6.45) is 0. The highest BCUT2D eigenvalue weighted by atomic mass is 32.1. The SMILES string of the molecule is CCN(CC)CCN(C(=O)c1ccc(C)cc1)c1nc2cc3c(cc2s1)OCCO3. The van der Waals surface area contributed by atoms with E-state index in [1.54, 1.807) is 4.90 Å². The fraction of sp³-hybridized carbons (Fsp3) is 0.391. The van der Waals surface area contributed by atoms with Crippen molar-refractivity contribution >= 4 is 32.6 Å². The molecular formula is C23H27N3O3S. The number of amides is 1. The zero-order chi connectivity index (χ0) is 21.1. The molecule has 0 bridgehead atoms. The summed E-state index contributed by atoms with van der Waals surface area (Å²) in [7, 11) is 0. The standard InChI is InChI=1S/C23H27N3O3S/c1-4-25(5-2)10-11-26(22(27)17-8-6-16(3)7-9-17)23-24-18-14-19-20(15-21(18)30-23)29-13-12-28-19/h6-9,14-15H,4-5,10-13H2,1-3H3. The van der Waals surface area contributed by atoms with Gasteiger partial charge < -0.3 is 14.4 Å². The molecule has 1 aliphatic heterocycles. The lowest BCUT2D eigenvalue weighted by Crippen LogP contribution is -2.38. The number of hydrogen-bond acceptors (Lipinski definition) is 6. The lowest BCUT2D eigenvalue weighted by molar-refractivity contribution is 0.0984. The number of aryl methyl sites for hydroxylation is 1. The molecule has 158 valence electrons. The first kappa shape index (κ1) is 20.6. The number of hydrogen-bond donors (Lipinski definition) is 0. The highest BCUT2D eigenvalue weighted by Gasteiger charge is 2.23. The maximum atomic E-state index is 13.4. The fourth-order valence-corrected chi connectivity index (χ4v) is 4.49. The summed E-state index contributed by atoms with van der Waals surface area (Å²) in [6.45, 7) is 10.7. The van der Waals surface area contributed by atoms with Gasteiger partial charge in [0.2, 0.25) is 0 Å². The van der Waals surface area contributed by atoms with Crippen LogP contribution >= 0.6 is 11.3 Å². The summed E-state index contributed by atoms with van der Waals surface area (Å²) >= 11 is 1.51. The van der Waals surface area contributed by atoms with Gasteiger partial charge in [0.1, 0.15) is 13.2 Å². The minimum Gasteiger partial charge on any atom is -0.486 e. The fourth-order valence-electron chi connectivity index (χ4n) is 3.49. The molecule has 0 fully saturated rings. The van der Waals surface area contributed by atoms with Gasteiger partial charge in [0.15, 0.2) is 16.6 Å². The zero-order valence-electron chi connectivity index (χ0n) is 17.7. The molecule has 0 saturated heterocycles. The first-order chi connectivity index (χ1) is 14.6. The van der Waals surface area contributed by atoms with Crippen molar-refractivity contribution in [2.45, 2.75) is 20.8 Å². The number of anilines is 1. The third-order valence-corrected chi connectivity index (χ3v) is 6.39. The molecule has 1 aliphatic rings. The van der Waals surface area contributed by atoms with Gasteiger partial charge in [-0.25, -0.2) is 4.98 Å². The smallest absolute Gasteiger partial charge is 0.260 e. The Morgan fingerprint density at radius 2 is 1.70 bits per heavy atom. The van der Waals surface area contributed by atoms with E-state index < -0.39 is 0 Å². The first-order valence-electron chi connectivity index (χ1n) is 10.4. The van der Waals surface area contributed by atoms with Crippen molar-refractivity contribution in [2.75, 3.05) is 44.3 Å². The molecule has 2 aromatic carbocycles. The summed E-state index contributed by atoms with van der Waals surface area (Å²) in [5.74, 6) is 1.42. The molecule has 0 atom stereocenters. The van der Waals surface area contributed by atoms with Crippen LogP contribution < -0.4 is 14.4 Å². The lowest BCUT2D eigenvalue weighted by Gasteiger charge is -2.24. The third-order valence-electron chi connectivity index (χ3n) is 5.35. The maximum absolute atomic E-state index is 13.4. The maximum Gasteiger partial charge on any atom is 0.260 e. The Hall–Kier alpha value is -2.64. The van der Waals surface area contributed by atoms with E-state index in [-0.39, 0.29) is 5.91 Å². The molecular weight excluding hydrogens is 398 g/mol. The van der Waals surface area contributed by atoms with Crippen LogP contribution in [0.25, 0.3) is 10.2 Å². The lowest BCUT2D eigenvalue weighted by atomic mass is 10.1. The van der Waals surface area contributed by atoms with Gasteiger partial charge in [-0.2, -0.15) is 0 Å². The molecule has 1 amide bonds. The summed E-state index contributed by atoms with van der Waals surface area (Å²) in [5, 5.41) is 0.699. The Morgan fingerprint density at radius 3 is 2.37 bits per heavy atom. The van der Waals surface area contributed by atoms with E-state index in [0.29, 0.717) is 36.2 Å². The number of carbonyl (C=O) groups is 1. The van der Waals surface area contributed by atoms with Crippen LogP contribution in [-0.2, 0) is 0 Å². The number of benzene rings is 2. The van der Waals surface area contributed by atoms with Crippen molar-refractivity contribution in [3.63, 3.8) is 0 Å². The molecule has 0 N–H and O–H groups in total. The van der Waals surface area contributed by atoms with Crippen LogP contribution in [0.2, 0.25) is 0 Å². The molecule has 30 heavy (non-hydrogen) atoms. The van der Waals surface area contributed by atoms with E-state index in [2.05, 4.69) is 18.7 Å². The first-order valence-corrected chi connectivity index (χ1v) is 11.2.